The number of phenolic OH excluding ortho intramolecular Hbond substituents is 1. The molecule has 6 nitrogen and oxygen atoms in total. The van der Waals surface area contributed by atoms with Crippen molar-refractivity contribution < 1.29 is 19.5 Å². The maximum atomic E-state index is 12.5. The number of carbonyl (C=O) groups excluding carboxylic acids is 3. The molecular formula is C17H18N2O4. The van der Waals surface area contributed by atoms with E-state index in [1.54, 1.807) is 12.1 Å². The van der Waals surface area contributed by atoms with E-state index in [1.165, 1.54) is 12.1 Å². The van der Waals surface area contributed by atoms with Gasteiger partial charge in [-0.05, 0) is 55.4 Å². The van der Waals surface area contributed by atoms with Crippen LogP contribution in [-0.4, -0.2) is 34.3 Å². The standard InChI is InChI=1S/C17H18N2O4/c20-12-5-3-11(4-6-12)18-13(21)8-19-16(22)14-9-1-2-10(7-9)15(14)17(19)23/h3-6,9-10,14-15,20H,1-2,7-8H2,(H,18,21)/t9-,10+,14-,15-/m0/s1. The van der Waals surface area contributed by atoms with Crippen LogP contribution in [0.3, 0.4) is 0 Å². The van der Waals surface area contributed by atoms with E-state index in [9.17, 15) is 19.5 Å². The van der Waals surface area contributed by atoms with Crippen LogP contribution in [0.25, 0.3) is 0 Å². The fourth-order valence-electron chi connectivity index (χ4n) is 4.52. The summed E-state index contributed by atoms with van der Waals surface area (Å²) in [4.78, 5) is 38.3. The van der Waals surface area contributed by atoms with Gasteiger partial charge in [0.05, 0.1) is 11.8 Å². The predicted molar refractivity (Wildman–Crippen MR) is 81.3 cm³/mol. The van der Waals surface area contributed by atoms with E-state index < -0.39 is 5.91 Å². The first-order valence-electron chi connectivity index (χ1n) is 7.98. The summed E-state index contributed by atoms with van der Waals surface area (Å²) in [5, 5.41) is 11.9. The topological polar surface area (TPSA) is 86.7 Å². The van der Waals surface area contributed by atoms with Gasteiger partial charge < -0.3 is 10.4 Å². The lowest BCUT2D eigenvalue weighted by Crippen LogP contribution is -2.39. The number of imide groups is 1. The quantitative estimate of drug-likeness (QED) is 0.651. The summed E-state index contributed by atoms with van der Waals surface area (Å²) in [7, 11) is 0. The molecule has 2 bridgehead atoms. The van der Waals surface area contributed by atoms with Crippen LogP contribution in [-0.2, 0) is 14.4 Å². The van der Waals surface area contributed by atoms with Crippen molar-refractivity contribution in [2.45, 2.75) is 19.3 Å². The summed E-state index contributed by atoms with van der Waals surface area (Å²) in [5.74, 6) is -0.370. The number of likely N-dealkylation sites (tertiary alicyclic amines) is 1. The van der Waals surface area contributed by atoms with Crippen molar-refractivity contribution in [2.24, 2.45) is 23.7 Å². The average molecular weight is 314 g/mol. The normalized spacial score (nSPS) is 31.6. The van der Waals surface area contributed by atoms with E-state index in [-0.39, 0.29) is 35.9 Å². The van der Waals surface area contributed by atoms with Gasteiger partial charge in [-0.2, -0.15) is 0 Å². The SMILES string of the molecule is O=C(CN1C(=O)[C@H]2[C@@H]3CC[C@@H](C3)[C@@H]2C1=O)Nc1ccc(O)cc1. The van der Waals surface area contributed by atoms with Crippen LogP contribution in [0, 0.1) is 23.7 Å². The van der Waals surface area contributed by atoms with E-state index in [0.717, 1.165) is 24.2 Å². The number of phenols is 1. The Hall–Kier alpha value is -2.37. The number of fused-ring (bicyclic) bond motifs is 5. The lowest BCUT2D eigenvalue weighted by atomic mass is 9.81. The summed E-state index contributed by atoms with van der Waals surface area (Å²) < 4.78 is 0. The van der Waals surface area contributed by atoms with E-state index in [1.807, 2.05) is 0 Å². The highest BCUT2D eigenvalue weighted by atomic mass is 16.3. The number of carbonyl (C=O) groups is 3. The van der Waals surface area contributed by atoms with Gasteiger partial charge in [0, 0.05) is 5.69 Å². The van der Waals surface area contributed by atoms with Crippen LogP contribution in [0.1, 0.15) is 19.3 Å². The third-order valence-corrected chi connectivity index (χ3v) is 5.47. The fraction of sp³-hybridized carbons (Fsp3) is 0.471. The first-order chi connectivity index (χ1) is 11.0. The van der Waals surface area contributed by atoms with E-state index in [0.29, 0.717) is 17.5 Å². The molecule has 1 aromatic carbocycles. The highest BCUT2D eigenvalue weighted by molar-refractivity contribution is 6.09. The number of hydrogen-bond donors (Lipinski definition) is 2. The molecular weight excluding hydrogens is 296 g/mol. The van der Waals surface area contributed by atoms with Gasteiger partial charge in [-0.1, -0.05) is 0 Å². The number of amides is 3. The summed E-state index contributed by atoms with van der Waals surface area (Å²) in [6.45, 7) is -0.231. The maximum Gasteiger partial charge on any atom is 0.244 e. The number of anilines is 1. The molecule has 1 aromatic rings. The molecule has 3 amide bonds. The minimum atomic E-state index is -0.398. The Morgan fingerprint density at radius 3 is 2.22 bits per heavy atom. The van der Waals surface area contributed by atoms with Crippen LogP contribution in [0.5, 0.6) is 5.75 Å². The third-order valence-electron chi connectivity index (χ3n) is 5.47. The molecule has 2 N–H and O–H groups in total. The molecule has 4 atom stereocenters. The molecule has 3 fully saturated rings. The maximum absolute atomic E-state index is 12.5. The predicted octanol–water partition coefficient (Wildman–Crippen LogP) is 1.36. The molecule has 6 heteroatoms. The van der Waals surface area contributed by atoms with Gasteiger partial charge in [-0.15, -0.1) is 0 Å². The largest absolute Gasteiger partial charge is 0.508 e. The van der Waals surface area contributed by atoms with Gasteiger partial charge in [0.15, 0.2) is 0 Å². The summed E-state index contributed by atoms with van der Waals surface area (Å²) in [6.07, 6.45) is 3.04. The van der Waals surface area contributed by atoms with Gasteiger partial charge >= 0.3 is 0 Å². The number of hydrogen-bond acceptors (Lipinski definition) is 4. The Kier molecular flexibility index (Phi) is 3.14. The van der Waals surface area contributed by atoms with Crippen molar-refractivity contribution in [3.8, 4) is 5.75 Å². The van der Waals surface area contributed by atoms with Crippen LogP contribution in [0.15, 0.2) is 24.3 Å². The lowest BCUT2D eigenvalue weighted by molar-refractivity contribution is -0.143. The highest BCUT2D eigenvalue weighted by Gasteiger charge is 2.60. The minimum Gasteiger partial charge on any atom is -0.508 e. The molecule has 120 valence electrons. The zero-order valence-corrected chi connectivity index (χ0v) is 12.6. The number of aromatic hydroxyl groups is 1. The van der Waals surface area contributed by atoms with Crippen LogP contribution in [0.4, 0.5) is 5.69 Å². The van der Waals surface area contributed by atoms with Crippen LogP contribution in [0.2, 0.25) is 0 Å². The monoisotopic (exact) mass is 314 g/mol. The molecule has 2 aliphatic carbocycles. The molecule has 23 heavy (non-hydrogen) atoms. The smallest absolute Gasteiger partial charge is 0.244 e. The number of rotatable bonds is 3. The average Bonchev–Trinajstić information content (AvgIpc) is 3.19. The summed E-state index contributed by atoms with van der Waals surface area (Å²) >= 11 is 0. The van der Waals surface area contributed by atoms with E-state index in [2.05, 4.69) is 5.32 Å². The first kappa shape index (κ1) is 14.2. The second kappa shape index (κ2) is 5.08. The van der Waals surface area contributed by atoms with Crippen molar-refractivity contribution in [2.75, 3.05) is 11.9 Å². The molecule has 4 rings (SSSR count). The fourth-order valence-corrected chi connectivity index (χ4v) is 4.52. The molecule has 0 radical (unpaired) electrons. The minimum absolute atomic E-state index is 0.108. The molecule has 3 aliphatic rings. The number of nitrogens with one attached hydrogen (secondary N) is 1. The molecule has 2 saturated carbocycles. The zero-order valence-electron chi connectivity index (χ0n) is 12.6. The van der Waals surface area contributed by atoms with E-state index in [4.69, 9.17) is 0 Å². The molecule has 1 heterocycles. The van der Waals surface area contributed by atoms with Crippen molar-refractivity contribution in [1.29, 1.82) is 0 Å². The van der Waals surface area contributed by atoms with Gasteiger partial charge in [-0.3, -0.25) is 19.3 Å². The highest BCUT2D eigenvalue weighted by Crippen LogP contribution is 2.56. The molecule has 1 aliphatic heterocycles. The molecule has 0 unspecified atom stereocenters. The Labute approximate surface area is 133 Å². The van der Waals surface area contributed by atoms with Gasteiger partial charge in [0.1, 0.15) is 12.3 Å². The van der Waals surface area contributed by atoms with Gasteiger partial charge in [-0.25, -0.2) is 0 Å². The Bertz CT molecular complexity index is 656. The Morgan fingerprint density at radius 2 is 1.65 bits per heavy atom. The van der Waals surface area contributed by atoms with Crippen molar-refractivity contribution in [3.05, 3.63) is 24.3 Å². The van der Waals surface area contributed by atoms with Crippen molar-refractivity contribution in [3.63, 3.8) is 0 Å². The Balaban J connectivity index is 1.44. The summed E-state index contributed by atoms with van der Waals surface area (Å²) in [6, 6.07) is 6.05. The van der Waals surface area contributed by atoms with Crippen molar-refractivity contribution >= 4 is 23.4 Å². The second-order valence-electron chi connectivity index (χ2n) is 6.74. The lowest BCUT2D eigenvalue weighted by Gasteiger charge is -2.19. The molecule has 0 spiro atoms. The number of nitrogens with zero attached hydrogens (tertiary/aromatic N) is 1. The molecule has 1 saturated heterocycles. The molecule has 0 aromatic heterocycles. The first-order valence-corrected chi connectivity index (χ1v) is 7.98. The Morgan fingerprint density at radius 1 is 1.09 bits per heavy atom. The van der Waals surface area contributed by atoms with Crippen LogP contribution < -0.4 is 5.32 Å². The van der Waals surface area contributed by atoms with Gasteiger partial charge in [0.2, 0.25) is 17.7 Å². The zero-order chi connectivity index (χ0) is 16.1. The second-order valence-corrected chi connectivity index (χ2v) is 6.74. The van der Waals surface area contributed by atoms with Gasteiger partial charge in [0.25, 0.3) is 0 Å². The van der Waals surface area contributed by atoms with E-state index >= 15 is 0 Å². The number of benzene rings is 1. The summed E-state index contributed by atoms with van der Waals surface area (Å²) in [5.41, 5.74) is 0.521. The van der Waals surface area contributed by atoms with Crippen LogP contribution >= 0.6 is 0 Å². The third kappa shape index (κ3) is 2.20. The van der Waals surface area contributed by atoms with Crippen molar-refractivity contribution in [1.82, 2.24) is 4.90 Å².